The second-order valence-electron chi connectivity index (χ2n) is 4.77. The largest absolute Gasteiger partial charge is 0.324 e. The van der Waals surface area contributed by atoms with Gasteiger partial charge in [-0.3, -0.25) is 4.79 Å². The van der Waals surface area contributed by atoms with E-state index in [2.05, 4.69) is 16.4 Å². The summed E-state index contributed by atoms with van der Waals surface area (Å²) in [5.41, 5.74) is 8.49. The van der Waals surface area contributed by atoms with Crippen LogP contribution in [0.25, 0.3) is 10.2 Å². The van der Waals surface area contributed by atoms with Crippen LogP contribution in [0.4, 0.5) is 5.69 Å². The lowest BCUT2D eigenvalue weighted by Crippen LogP contribution is -2.19. The minimum Gasteiger partial charge on any atom is -0.324 e. The molecule has 104 valence electrons. The molecule has 0 spiro atoms. The predicted molar refractivity (Wildman–Crippen MR) is 85.7 cm³/mol. The summed E-state index contributed by atoms with van der Waals surface area (Å²) in [4.78, 5) is 17.2. The monoisotopic (exact) mass is 313 g/mol. The number of hydrogen-bond donors (Lipinski definition) is 2. The number of anilines is 1. The first-order chi connectivity index (χ1) is 10.2. The molecule has 4 rings (SSSR count). The third-order valence-electron chi connectivity index (χ3n) is 3.38. The molecule has 0 saturated heterocycles. The van der Waals surface area contributed by atoms with E-state index in [9.17, 15) is 4.79 Å². The average Bonchev–Trinajstić information content (AvgIpc) is 3.00. The van der Waals surface area contributed by atoms with Crippen LogP contribution in [-0.2, 0) is 4.79 Å². The van der Waals surface area contributed by atoms with Crippen molar-refractivity contribution in [3.8, 4) is 0 Å². The fourth-order valence-electron chi connectivity index (χ4n) is 2.33. The van der Waals surface area contributed by atoms with Gasteiger partial charge in [0.25, 0.3) is 0 Å². The van der Waals surface area contributed by atoms with Crippen molar-refractivity contribution in [2.24, 2.45) is 5.73 Å². The Labute approximate surface area is 129 Å². The standard InChI is InChI=1S/C15H11N3OS2/c16-13-9-6-5-8(7-11(9)17-14(13)19)20-15-18-10-3-1-2-4-12(10)21-15/h1-7,13H,16H2,(H,17,19). The fraction of sp³-hybridized carbons (Fsp3) is 0.0667. The highest BCUT2D eigenvalue weighted by molar-refractivity contribution is 8.01. The van der Waals surface area contributed by atoms with Crippen molar-refractivity contribution >= 4 is 44.9 Å². The average molecular weight is 313 g/mol. The molecule has 3 aromatic rings. The number of rotatable bonds is 2. The molecule has 1 aliphatic rings. The van der Waals surface area contributed by atoms with E-state index >= 15 is 0 Å². The third kappa shape index (κ3) is 2.21. The molecule has 1 amide bonds. The number of para-hydroxylation sites is 1. The topological polar surface area (TPSA) is 68.0 Å². The normalized spacial score (nSPS) is 17.0. The summed E-state index contributed by atoms with van der Waals surface area (Å²) in [5.74, 6) is -0.146. The highest BCUT2D eigenvalue weighted by Gasteiger charge is 2.27. The van der Waals surface area contributed by atoms with Gasteiger partial charge in [-0.05, 0) is 24.3 Å². The Balaban J connectivity index is 1.66. The zero-order valence-corrected chi connectivity index (χ0v) is 12.5. The van der Waals surface area contributed by atoms with Crippen LogP contribution in [0.1, 0.15) is 11.6 Å². The van der Waals surface area contributed by atoms with Gasteiger partial charge in [0.05, 0.1) is 10.2 Å². The molecule has 3 N–H and O–H groups in total. The Bertz CT molecular complexity index is 826. The summed E-state index contributed by atoms with van der Waals surface area (Å²) in [6.07, 6.45) is 0. The van der Waals surface area contributed by atoms with Gasteiger partial charge in [0, 0.05) is 16.1 Å². The summed E-state index contributed by atoms with van der Waals surface area (Å²) in [7, 11) is 0. The van der Waals surface area contributed by atoms with Gasteiger partial charge in [-0.25, -0.2) is 4.98 Å². The van der Waals surface area contributed by atoms with E-state index in [1.54, 1.807) is 23.1 Å². The Hall–Kier alpha value is -1.89. The summed E-state index contributed by atoms with van der Waals surface area (Å²) < 4.78 is 2.17. The molecule has 0 aliphatic carbocycles. The number of nitrogens with two attached hydrogens (primary N) is 1. The van der Waals surface area contributed by atoms with E-state index in [0.29, 0.717) is 0 Å². The minimum atomic E-state index is -0.554. The van der Waals surface area contributed by atoms with E-state index in [-0.39, 0.29) is 5.91 Å². The summed E-state index contributed by atoms with van der Waals surface area (Å²) in [6.45, 7) is 0. The first-order valence-electron chi connectivity index (χ1n) is 6.44. The molecule has 4 nitrogen and oxygen atoms in total. The lowest BCUT2D eigenvalue weighted by molar-refractivity contribution is -0.116. The Morgan fingerprint density at radius 1 is 1.24 bits per heavy atom. The molecular formula is C15H11N3OS2. The maximum Gasteiger partial charge on any atom is 0.245 e. The zero-order chi connectivity index (χ0) is 14.4. The number of nitrogens with one attached hydrogen (secondary N) is 1. The first kappa shape index (κ1) is 12.8. The molecule has 0 fully saturated rings. The van der Waals surface area contributed by atoms with Gasteiger partial charge in [0.15, 0.2) is 4.34 Å². The van der Waals surface area contributed by atoms with Crippen LogP contribution in [0, 0.1) is 0 Å². The Morgan fingerprint density at radius 3 is 2.95 bits per heavy atom. The molecule has 1 atom stereocenters. The molecule has 0 radical (unpaired) electrons. The first-order valence-corrected chi connectivity index (χ1v) is 8.08. The van der Waals surface area contributed by atoms with Crippen LogP contribution in [-0.4, -0.2) is 10.9 Å². The van der Waals surface area contributed by atoms with Crippen LogP contribution in [0.5, 0.6) is 0 Å². The quantitative estimate of drug-likeness (QED) is 0.761. The number of thiazole rings is 1. The highest BCUT2D eigenvalue weighted by Crippen LogP contribution is 2.38. The van der Waals surface area contributed by atoms with Crippen molar-refractivity contribution in [1.29, 1.82) is 0 Å². The van der Waals surface area contributed by atoms with Crippen molar-refractivity contribution in [2.75, 3.05) is 5.32 Å². The number of amides is 1. The summed E-state index contributed by atoms with van der Waals surface area (Å²) in [6, 6.07) is 13.4. The van der Waals surface area contributed by atoms with Crippen LogP contribution in [0.2, 0.25) is 0 Å². The van der Waals surface area contributed by atoms with E-state index in [4.69, 9.17) is 5.73 Å². The number of carbonyl (C=O) groups excluding carboxylic acids is 1. The number of carbonyl (C=O) groups is 1. The highest BCUT2D eigenvalue weighted by atomic mass is 32.2. The molecule has 6 heteroatoms. The lowest BCUT2D eigenvalue weighted by atomic mass is 10.1. The van der Waals surface area contributed by atoms with E-state index in [1.165, 1.54) is 4.70 Å². The zero-order valence-electron chi connectivity index (χ0n) is 10.9. The van der Waals surface area contributed by atoms with Gasteiger partial charge in [-0.15, -0.1) is 11.3 Å². The number of hydrogen-bond acceptors (Lipinski definition) is 5. The van der Waals surface area contributed by atoms with Crippen molar-refractivity contribution in [3.05, 3.63) is 48.0 Å². The van der Waals surface area contributed by atoms with E-state index < -0.39 is 6.04 Å². The van der Waals surface area contributed by atoms with Crippen molar-refractivity contribution in [3.63, 3.8) is 0 Å². The maximum absolute atomic E-state index is 11.6. The van der Waals surface area contributed by atoms with Crippen LogP contribution in [0.3, 0.4) is 0 Å². The number of fused-ring (bicyclic) bond motifs is 2. The Kier molecular flexibility index (Phi) is 2.95. The fourth-order valence-corrected chi connectivity index (χ4v) is 4.41. The SMILES string of the molecule is NC1C(=O)Nc2cc(Sc3nc4ccccc4s3)ccc21. The number of nitrogens with zero attached hydrogens (tertiary/aromatic N) is 1. The molecule has 1 unspecified atom stereocenters. The van der Waals surface area contributed by atoms with Gasteiger partial charge < -0.3 is 11.1 Å². The minimum absolute atomic E-state index is 0.146. The van der Waals surface area contributed by atoms with Gasteiger partial charge in [0.2, 0.25) is 5.91 Å². The molecule has 1 aliphatic heterocycles. The molecule has 0 saturated carbocycles. The second-order valence-corrected chi connectivity index (χ2v) is 7.12. The van der Waals surface area contributed by atoms with Gasteiger partial charge in [-0.1, -0.05) is 30.0 Å². The molecule has 0 bridgehead atoms. The second kappa shape index (κ2) is 4.84. The summed E-state index contributed by atoms with van der Waals surface area (Å²) >= 11 is 3.26. The van der Waals surface area contributed by atoms with Gasteiger partial charge in [-0.2, -0.15) is 0 Å². The Morgan fingerprint density at radius 2 is 2.10 bits per heavy atom. The maximum atomic E-state index is 11.6. The van der Waals surface area contributed by atoms with Crippen LogP contribution in [0.15, 0.2) is 51.7 Å². The van der Waals surface area contributed by atoms with Crippen LogP contribution < -0.4 is 11.1 Å². The molecule has 1 aromatic heterocycles. The van der Waals surface area contributed by atoms with Crippen molar-refractivity contribution < 1.29 is 4.79 Å². The molecule has 2 aromatic carbocycles. The van der Waals surface area contributed by atoms with E-state index in [0.717, 1.165) is 26.0 Å². The van der Waals surface area contributed by atoms with E-state index in [1.807, 2.05) is 36.4 Å². The molecule has 2 heterocycles. The molecule has 21 heavy (non-hydrogen) atoms. The lowest BCUT2D eigenvalue weighted by Gasteiger charge is -2.03. The van der Waals surface area contributed by atoms with Crippen molar-refractivity contribution in [2.45, 2.75) is 15.3 Å². The van der Waals surface area contributed by atoms with Crippen LogP contribution >= 0.6 is 23.1 Å². The van der Waals surface area contributed by atoms with Crippen molar-refractivity contribution in [1.82, 2.24) is 4.98 Å². The smallest absolute Gasteiger partial charge is 0.245 e. The summed E-state index contributed by atoms with van der Waals surface area (Å²) in [5, 5.41) is 2.81. The van der Waals surface area contributed by atoms with Gasteiger partial charge >= 0.3 is 0 Å². The number of benzene rings is 2. The predicted octanol–water partition coefficient (Wildman–Crippen LogP) is 3.40. The number of aromatic nitrogens is 1. The molecular weight excluding hydrogens is 302 g/mol. The third-order valence-corrected chi connectivity index (χ3v) is 5.47. The van der Waals surface area contributed by atoms with Gasteiger partial charge in [0.1, 0.15) is 6.04 Å².